The van der Waals surface area contributed by atoms with E-state index in [0.29, 0.717) is 6.07 Å². The van der Waals surface area contributed by atoms with E-state index in [1.165, 1.54) is 12.1 Å². The second kappa shape index (κ2) is 10.2. The molecule has 2 aromatic rings. The smallest absolute Gasteiger partial charge is 0.306 e. The summed E-state index contributed by atoms with van der Waals surface area (Å²) < 4.78 is 31.8. The number of rotatable bonds is 9. The van der Waals surface area contributed by atoms with Gasteiger partial charge in [0.25, 0.3) is 11.6 Å². The highest BCUT2D eigenvalue weighted by atomic mass is 19.1. The highest BCUT2D eigenvalue weighted by molar-refractivity contribution is 5.97. The number of primary amides is 1. The highest BCUT2D eigenvalue weighted by Gasteiger charge is 2.32. The van der Waals surface area contributed by atoms with E-state index in [9.17, 15) is 33.3 Å². The van der Waals surface area contributed by atoms with Crippen LogP contribution in [0, 0.1) is 21.7 Å². The number of nitrogens with one attached hydrogen (secondary N) is 1. The topological polar surface area (TPSA) is 142 Å². The molecule has 0 heterocycles. The maximum Gasteiger partial charge on any atom is 0.306 e. The molecule has 2 aromatic carbocycles. The van der Waals surface area contributed by atoms with E-state index in [0.717, 1.165) is 24.3 Å². The largest absolute Gasteiger partial charge is 0.466 e. The molecule has 11 heteroatoms. The van der Waals surface area contributed by atoms with Gasteiger partial charge in [-0.1, -0.05) is 12.1 Å². The molecule has 2 amide bonds. The van der Waals surface area contributed by atoms with Gasteiger partial charge in [0.15, 0.2) is 0 Å². The molecule has 0 aliphatic carbocycles. The number of nitrogens with zero attached hydrogens (tertiary/aromatic N) is 1. The van der Waals surface area contributed by atoms with E-state index in [4.69, 9.17) is 10.5 Å². The van der Waals surface area contributed by atoms with Crippen LogP contribution in [0.4, 0.5) is 14.5 Å². The Morgan fingerprint density at radius 3 is 2.19 bits per heavy atom. The molecule has 0 unspecified atom stereocenters. The Balaban J connectivity index is 2.40. The van der Waals surface area contributed by atoms with E-state index in [1.54, 1.807) is 6.92 Å². The molecule has 9 nitrogen and oxygen atoms in total. The quantitative estimate of drug-likeness (QED) is 0.351. The van der Waals surface area contributed by atoms with Crippen LogP contribution in [0.2, 0.25) is 0 Å². The van der Waals surface area contributed by atoms with Crippen LogP contribution in [-0.4, -0.2) is 35.4 Å². The number of hydrogen-bond acceptors (Lipinski definition) is 6. The first-order valence-electron chi connectivity index (χ1n) is 9.08. The summed E-state index contributed by atoms with van der Waals surface area (Å²) in [5, 5.41) is 13.2. The number of nitrogens with two attached hydrogens (primary N) is 1. The van der Waals surface area contributed by atoms with Crippen molar-refractivity contribution < 1.29 is 32.8 Å². The number of carbonyl (C=O) groups is 3. The average molecular weight is 435 g/mol. The average Bonchev–Trinajstić information content (AvgIpc) is 2.69. The van der Waals surface area contributed by atoms with Crippen LogP contribution in [0.25, 0.3) is 0 Å². The number of nitro benzene ring substituents is 1. The van der Waals surface area contributed by atoms with Gasteiger partial charge in [0.05, 0.1) is 18.0 Å². The first-order chi connectivity index (χ1) is 14.6. The third kappa shape index (κ3) is 6.29. The number of benzene rings is 2. The summed E-state index contributed by atoms with van der Waals surface area (Å²) in [5.74, 6) is -5.79. The highest BCUT2D eigenvalue weighted by Crippen LogP contribution is 2.27. The molecule has 2 atom stereocenters. The summed E-state index contributed by atoms with van der Waals surface area (Å²) in [6.45, 7) is 1.63. The maximum atomic E-state index is 13.4. The van der Waals surface area contributed by atoms with E-state index >= 15 is 0 Å². The molecule has 0 aliphatic rings. The zero-order valence-electron chi connectivity index (χ0n) is 16.3. The SMILES string of the molecule is CCOC(=O)C[C@H](c1ccc([N+](=O)[O-])cc1)[C@@H](NC(=O)c1cc(F)cc(F)c1)C(N)=O. The molecule has 0 bridgehead atoms. The lowest BCUT2D eigenvalue weighted by Crippen LogP contribution is -2.48. The third-order valence-corrected chi connectivity index (χ3v) is 4.34. The Labute approximate surface area is 175 Å². The van der Waals surface area contributed by atoms with Gasteiger partial charge in [-0.05, 0) is 24.6 Å². The number of non-ortho nitro benzene ring substituents is 1. The van der Waals surface area contributed by atoms with Crippen molar-refractivity contribution in [1.82, 2.24) is 5.32 Å². The summed E-state index contributed by atoms with van der Waals surface area (Å²) in [6.07, 6.45) is -0.392. The molecule has 3 N–H and O–H groups in total. The summed E-state index contributed by atoms with van der Waals surface area (Å²) >= 11 is 0. The first kappa shape index (κ1) is 23.4. The second-order valence-corrected chi connectivity index (χ2v) is 6.48. The Bertz CT molecular complexity index is 977. The van der Waals surface area contributed by atoms with Gasteiger partial charge in [0.2, 0.25) is 5.91 Å². The van der Waals surface area contributed by atoms with Crippen molar-refractivity contribution in [3.8, 4) is 0 Å². The molecular weight excluding hydrogens is 416 g/mol. The summed E-state index contributed by atoms with van der Waals surface area (Å²) in [6, 6.07) is 5.57. The number of hydrogen-bond donors (Lipinski definition) is 2. The fraction of sp³-hybridized carbons (Fsp3) is 0.250. The molecular formula is C20H19F2N3O6. The van der Waals surface area contributed by atoms with Crippen molar-refractivity contribution in [2.24, 2.45) is 5.73 Å². The van der Waals surface area contributed by atoms with Crippen LogP contribution in [0.15, 0.2) is 42.5 Å². The molecule has 0 aliphatic heterocycles. The number of ether oxygens (including phenoxy) is 1. The molecule has 0 saturated heterocycles. The number of nitro groups is 1. The minimum Gasteiger partial charge on any atom is -0.466 e. The van der Waals surface area contributed by atoms with E-state index in [1.807, 2.05) is 0 Å². The first-order valence-corrected chi connectivity index (χ1v) is 9.08. The second-order valence-electron chi connectivity index (χ2n) is 6.48. The molecule has 0 fully saturated rings. The Morgan fingerprint density at radius 1 is 1.13 bits per heavy atom. The monoisotopic (exact) mass is 435 g/mol. The van der Waals surface area contributed by atoms with Crippen LogP contribution < -0.4 is 11.1 Å². The predicted molar refractivity (Wildman–Crippen MR) is 104 cm³/mol. The van der Waals surface area contributed by atoms with Crippen LogP contribution in [0.1, 0.15) is 35.2 Å². The number of carbonyl (C=O) groups excluding carboxylic acids is 3. The minimum atomic E-state index is -1.48. The summed E-state index contributed by atoms with van der Waals surface area (Å²) in [7, 11) is 0. The van der Waals surface area contributed by atoms with Crippen molar-refractivity contribution in [2.75, 3.05) is 6.61 Å². The molecule has 0 spiro atoms. The van der Waals surface area contributed by atoms with Crippen molar-refractivity contribution in [3.63, 3.8) is 0 Å². The molecule has 0 radical (unpaired) electrons. The molecule has 164 valence electrons. The van der Waals surface area contributed by atoms with E-state index in [2.05, 4.69) is 5.32 Å². The molecule has 31 heavy (non-hydrogen) atoms. The van der Waals surface area contributed by atoms with Crippen LogP contribution in [0.5, 0.6) is 0 Å². The predicted octanol–water partition coefficient (Wildman–Crippen LogP) is 2.19. The molecule has 0 aromatic heterocycles. The van der Waals surface area contributed by atoms with Crippen molar-refractivity contribution in [2.45, 2.75) is 25.3 Å². The fourth-order valence-electron chi connectivity index (χ4n) is 2.95. The van der Waals surface area contributed by atoms with Gasteiger partial charge < -0.3 is 15.8 Å². The van der Waals surface area contributed by atoms with Gasteiger partial charge in [-0.25, -0.2) is 8.78 Å². The van der Waals surface area contributed by atoms with Crippen LogP contribution >= 0.6 is 0 Å². The van der Waals surface area contributed by atoms with Gasteiger partial charge in [-0.15, -0.1) is 0 Å². The minimum absolute atomic E-state index is 0.0575. The van der Waals surface area contributed by atoms with Gasteiger partial charge in [-0.2, -0.15) is 0 Å². The molecule has 0 saturated carbocycles. The number of esters is 1. The standard InChI is InChI=1S/C20H19F2N3O6/c1-2-31-17(26)10-16(11-3-5-15(6-4-11)25(29)30)18(19(23)27)24-20(28)12-7-13(21)9-14(22)8-12/h3-9,16,18H,2,10H2,1H3,(H2,23,27)(H,24,28)/t16-,18-/m1/s1. The van der Waals surface area contributed by atoms with E-state index < -0.39 is 58.3 Å². The van der Waals surface area contributed by atoms with Gasteiger partial charge in [0.1, 0.15) is 17.7 Å². The Hall–Kier alpha value is -3.89. The summed E-state index contributed by atoms with van der Waals surface area (Å²) in [4.78, 5) is 47.0. The van der Waals surface area contributed by atoms with E-state index in [-0.39, 0.29) is 17.9 Å². The third-order valence-electron chi connectivity index (χ3n) is 4.34. The number of halogens is 2. The Morgan fingerprint density at radius 2 is 1.71 bits per heavy atom. The zero-order valence-corrected chi connectivity index (χ0v) is 16.3. The maximum absolute atomic E-state index is 13.4. The lowest BCUT2D eigenvalue weighted by Gasteiger charge is -2.25. The molecule has 2 rings (SSSR count). The summed E-state index contributed by atoms with van der Waals surface area (Å²) in [5.41, 5.74) is 5.08. The van der Waals surface area contributed by atoms with Crippen LogP contribution in [0.3, 0.4) is 0 Å². The van der Waals surface area contributed by atoms with Gasteiger partial charge in [-0.3, -0.25) is 24.5 Å². The Kier molecular flexibility index (Phi) is 7.72. The zero-order chi connectivity index (χ0) is 23.1. The lowest BCUT2D eigenvalue weighted by atomic mass is 9.87. The fourth-order valence-corrected chi connectivity index (χ4v) is 2.95. The lowest BCUT2D eigenvalue weighted by molar-refractivity contribution is -0.384. The van der Waals surface area contributed by atoms with Crippen molar-refractivity contribution in [3.05, 3.63) is 75.3 Å². The van der Waals surface area contributed by atoms with Crippen molar-refractivity contribution in [1.29, 1.82) is 0 Å². The normalized spacial score (nSPS) is 12.5. The van der Waals surface area contributed by atoms with Crippen molar-refractivity contribution >= 4 is 23.5 Å². The van der Waals surface area contributed by atoms with Gasteiger partial charge in [0, 0.05) is 29.7 Å². The van der Waals surface area contributed by atoms with Gasteiger partial charge >= 0.3 is 5.97 Å². The number of amides is 2. The van der Waals surface area contributed by atoms with Crippen LogP contribution in [-0.2, 0) is 14.3 Å².